The van der Waals surface area contributed by atoms with Crippen LogP contribution in [0.1, 0.15) is 17.5 Å². The van der Waals surface area contributed by atoms with Gasteiger partial charge in [-0.2, -0.15) is 0 Å². The van der Waals surface area contributed by atoms with Gasteiger partial charge in [-0.3, -0.25) is 4.79 Å². The zero-order valence-corrected chi connectivity index (χ0v) is 11.6. The van der Waals surface area contributed by atoms with Crippen molar-refractivity contribution in [2.24, 2.45) is 11.7 Å². The van der Waals surface area contributed by atoms with Gasteiger partial charge in [-0.25, -0.2) is 0 Å². The van der Waals surface area contributed by atoms with Gasteiger partial charge < -0.3 is 16.0 Å². The molecule has 2 rings (SSSR count). The predicted molar refractivity (Wildman–Crippen MR) is 76.7 cm³/mol. The summed E-state index contributed by atoms with van der Waals surface area (Å²) in [5.41, 5.74) is 7.77. The summed E-state index contributed by atoms with van der Waals surface area (Å²) in [5, 5.41) is 3.04. The van der Waals surface area contributed by atoms with Crippen molar-refractivity contribution in [3.8, 4) is 0 Å². The monoisotopic (exact) mass is 261 g/mol. The average Bonchev–Trinajstić information content (AvgIpc) is 2.83. The van der Waals surface area contributed by atoms with Crippen molar-refractivity contribution < 1.29 is 4.79 Å². The van der Waals surface area contributed by atoms with E-state index in [0.717, 1.165) is 30.8 Å². The van der Waals surface area contributed by atoms with Crippen molar-refractivity contribution in [2.45, 2.75) is 19.4 Å². The Morgan fingerprint density at radius 2 is 2.16 bits per heavy atom. The van der Waals surface area contributed by atoms with E-state index in [9.17, 15) is 4.79 Å². The summed E-state index contributed by atoms with van der Waals surface area (Å²) < 4.78 is 0. The highest BCUT2D eigenvalue weighted by molar-refractivity contribution is 5.78. The molecule has 1 atom stereocenters. The maximum absolute atomic E-state index is 12.0. The Balaban J connectivity index is 1.81. The fraction of sp³-hybridized carbons (Fsp3) is 0.533. The van der Waals surface area contributed by atoms with Crippen molar-refractivity contribution in [2.75, 3.05) is 26.7 Å². The van der Waals surface area contributed by atoms with Crippen LogP contribution in [0.15, 0.2) is 24.3 Å². The molecule has 3 N–H and O–H groups in total. The van der Waals surface area contributed by atoms with Crippen molar-refractivity contribution in [1.82, 2.24) is 10.2 Å². The number of carbonyl (C=O) groups excluding carboxylic acids is 1. The number of carbonyl (C=O) groups is 1. The van der Waals surface area contributed by atoms with Crippen LogP contribution in [0, 0.1) is 5.92 Å². The van der Waals surface area contributed by atoms with Gasteiger partial charge in [0.15, 0.2) is 0 Å². The van der Waals surface area contributed by atoms with E-state index >= 15 is 0 Å². The summed E-state index contributed by atoms with van der Waals surface area (Å²) in [5.74, 6) is 0.689. The zero-order valence-electron chi connectivity index (χ0n) is 11.6. The lowest BCUT2D eigenvalue weighted by Gasteiger charge is -2.12. The van der Waals surface area contributed by atoms with E-state index in [-0.39, 0.29) is 5.91 Å². The zero-order chi connectivity index (χ0) is 13.7. The van der Waals surface area contributed by atoms with Crippen molar-refractivity contribution >= 4 is 5.91 Å². The normalized spacial score (nSPS) is 19.6. The minimum atomic E-state index is 0.0930. The molecule has 0 aromatic heterocycles. The molecule has 0 spiro atoms. The second-order valence-corrected chi connectivity index (χ2v) is 5.37. The molecule has 0 bridgehead atoms. The Kier molecular flexibility index (Phi) is 4.93. The molecule has 4 nitrogen and oxygen atoms in total. The number of likely N-dealkylation sites (tertiary alicyclic amines) is 1. The summed E-state index contributed by atoms with van der Waals surface area (Å²) >= 11 is 0. The Morgan fingerprint density at radius 3 is 2.79 bits per heavy atom. The lowest BCUT2D eigenvalue weighted by molar-refractivity contribution is -0.120. The second-order valence-electron chi connectivity index (χ2n) is 5.37. The number of nitrogens with zero attached hydrogens (tertiary/aromatic N) is 1. The van der Waals surface area contributed by atoms with Crippen molar-refractivity contribution in [1.29, 1.82) is 0 Å². The number of amides is 1. The molecule has 1 aromatic carbocycles. The van der Waals surface area contributed by atoms with Gasteiger partial charge in [0.05, 0.1) is 6.42 Å². The standard InChI is InChI=1S/C15H23N3O/c1-18-7-6-12(11-18)10-17-15(19)8-13-4-2-3-5-14(13)9-16/h2-5,12H,6-11,16H2,1H3,(H,17,19). The Morgan fingerprint density at radius 1 is 1.42 bits per heavy atom. The van der Waals surface area contributed by atoms with E-state index in [1.807, 2.05) is 24.3 Å². The third-order valence-electron chi connectivity index (χ3n) is 3.77. The number of nitrogens with two attached hydrogens (primary N) is 1. The van der Waals surface area contributed by atoms with Crippen LogP contribution < -0.4 is 11.1 Å². The molecule has 4 heteroatoms. The first-order chi connectivity index (χ1) is 9.19. The van der Waals surface area contributed by atoms with Gasteiger partial charge in [0, 0.05) is 19.6 Å². The smallest absolute Gasteiger partial charge is 0.224 e. The van der Waals surface area contributed by atoms with Crippen molar-refractivity contribution in [3.63, 3.8) is 0 Å². The number of rotatable bonds is 5. The summed E-state index contributed by atoms with van der Waals surface area (Å²) in [4.78, 5) is 14.3. The van der Waals surface area contributed by atoms with Gasteiger partial charge in [0.25, 0.3) is 0 Å². The molecule has 0 radical (unpaired) electrons. The van der Waals surface area contributed by atoms with E-state index in [1.54, 1.807) is 0 Å². The summed E-state index contributed by atoms with van der Waals surface area (Å²) in [7, 11) is 2.12. The Hall–Kier alpha value is -1.39. The molecular weight excluding hydrogens is 238 g/mol. The first kappa shape index (κ1) is 14.0. The molecule has 0 saturated carbocycles. The third-order valence-corrected chi connectivity index (χ3v) is 3.77. The quantitative estimate of drug-likeness (QED) is 0.822. The third kappa shape index (κ3) is 4.04. The SMILES string of the molecule is CN1CCC(CNC(=O)Cc2ccccc2CN)C1. The minimum Gasteiger partial charge on any atom is -0.355 e. The first-order valence-electron chi connectivity index (χ1n) is 6.91. The number of hydrogen-bond acceptors (Lipinski definition) is 3. The first-order valence-corrected chi connectivity index (χ1v) is 6.91. The number of benzene rings is 1. The van der Waals surface area contributed by atoms with Gasteiger partial charge in [-0.05, 0) is 37.1 Å². The van der Waals surface area contributed by atoms with Crippen LogP contribution in [0.25, 0.3) is 0 Å². The highest BCUT2D eigenvalue weighted by Gasteiger charge is 2.19. The van der Waals surface area contributed by atoms with E-state index in [0.29, 0.717) is 18.9 Å². The van der Waals surface area contributed by atoms with Crippen LogP contribution in [0.4, 0.5) is 0 Å². The van der Waals surface area contributed by atoms with Crippen molar-refractivity contribution in [3.05, 3.63) is 35.4 Å². The maximum Gasteiger partial charge on any atom is 0.224 e. The van der Waals surface area contributed by atoms with Gasteiger partial charge in [0.2, 0.25) is 5.91 Å². The van der Waals surface area contributed by atoms with Crippen LogP contribution in [-0.2, 0) is 17.8 Å². The fourth-order valence-corrected chi connectivity index (χ4v) is 2.62. The molecule has 1 saturated heterocycles. The lowest BCUT2D eigenvalue weighted by atomic mass is 10.0. The van der Waals surface area contributed by atoms with Gasteiger partial charge in [-0.1, -0.05) is 24.3 Å². The largest absolute Gasteiger partial charge is 0.355 e. The van der Waals surface area contributed by atoms with E-state index in [1.165, 1.54) is 6.42 Å². The molecule has 1 unspecified atom stereocenters. The van der Waals surface area contributed by atoms with E-state index in [2.05, 4.69) is 17.3 Å². The lowest BCUT2D eigenvalue weighted by Crippen LogP contribution is -2.31. The minimum absolute atomic E-state index is 0.0930. The summed E-state index contributed by atoms with van der Waals surface area (Å²) in [6, 6.07) is 7.87. The summed E-state index contributed by atoms with van der Waals surface area (Å²) in [6.45, 7) is 3.49. The molecular formula is C15H23N3O. The van der Waals surface area contributed by atoms with Crippen LogP contribution in [0.2, 0.25) is 0 Å². The number of nitrogens with one attached hydrogen (secondary N) is 1. The van der Waals surface area contributed by atoms with Crippen LogP contribution in [0.3, 0.4) is 0 Å². The molecule has 1 heterocycles. The molecule has 1 amide bonds. The average molecular weight is 261 g/mol. The topological polar surface area (TPSA) is 58.4 Å². The number of hydrogen-bond donors (Lipinski definition) is 2. The fourth-order valence-electron chi connectivity index (χ4n) is 2.62. The molecule has 104 valence electrons. The Bertz CT molecular complexity index is 433. The van der Waals surface area contributed by atoms with Crippen LogP contribution in [-0.4, -0.2) is 37.5 Å². The summed E-state index contributed by atoms with van der Waals surface area (Å²) in [6.07, 6.45) is 1.60. The molecule has 1 aliphatic rings. The second kappa shape index (κ2) is 6.68. The van der Waals surface area contributed by atoms with Gasteiger partial charge in [0.1, 0.15) is 0 Å². The van der Waals surface area contributed by atoms with Gasteiger partial charge >= 0.3 is 0 Å². The molecule has 1 aliphatic heterocycles. The predicted octanol–water partition coefficient (Wildman–Crippen LogP) is 0.756. The Labute approximate surface area is 115 Å². The molecule has 19 heavy (non-hydrogen) atoms. The maximum atomic E-state index is 12.0. The van der Waals surface area contributed by atoms with E-state index < -0.39 is 0 Å². The van der Waals surface area contributed by atoms with E-state index in [4.69, 9.17) is 5.73 Å². The highest BCUT2D eigenvalue weighted by atomic mass is 16.1. The molecule has 1 aromatic rings. The van der Waals surface area contributed by atoms with Crippen LogP contribution >= 0.6 is 0 Å². The molecule has 1 fully saturated rings. The molecule has 0 aliphatic carbocycles. The van der Waals surface area contributed by atoms with Gasteiger partial charge in [-0.15, -0.1) is 0 Å². The van der Waals surface area contributed by atoms with Crippen LogP contribution in [0.5, 0.6) is 0 Å². The highest BCUT2D eigenvalue weighted by Crippen LogP contribution is 2.13.